The molecule has 1 rings (SSSR count). The highest BCUT2D eigenvalue weighted by Crippen LogP contribution is 2.21. The third-order valence-corrected chi connectivity index (χ3v) is 1.74. The largest absolute Gasteiger partial charge is 0.254 e. The van der Waals surface area contributed by atoms with Gasteiger partial charge in [-0.25, -0.2) is 0 Å². The number of hydrogen-bond donors (Lipinski definition) is 0. The van der Waals surface area contributed by atoms with Gasteiger partial charge < -0.3 is 0 Å². The number of aryl methyl sites for hydroxylation is 1. The van der Waals surface area contributed by atoms with Crippen LogP contribution in [0.4, 0.5) is 0 Å². The lowest BCUT2D eigenvalue weighted by Gasteiger charge is -1.86. The summed E-state index contributed by atoms with van der Waals surface area (Å²) in [7, 11) is 1.62. The van der Waals surface area contributed by atoms with Crippen molar-refractivity contribution in [2.45, 2.75) is 0 Å². The van der Waals surface area contributed by atoms with E-state index in [0.29, 0.717) is 0 Å². The van der Waals surface area contributed by atoms with E-state index in [9.17, 15) is 0 Å². The highest BCUT2D eigenvalue weighted by atomic mass is 35.5. The summed E-state index contributed by atoms with van der Waals surface area (Å²) in [5.41, 5.74) is 0.228. The van der Waals surface area contributed by atoms with Gasteiger partial charge in [-0.2, -0.15) is 10.4 Å². The number of hydrogen-bond acceptors (Lipinski definition) is 2. The van der Waals surface area contributed by atoms with Crippen LogP contribution in [0.1, 0.15) is 5.56 Å². The summed E-state index contributed by atoms with van der Waals surface area (Å²) >= 11 is 11.1. The van der Waals surface area contributed by atoms with Gasteiger partial charge in [0.1, 0.15) is 16.8 Å². The minimum atomic E-state index is 0.148. The molecule has 0 spiro atoms. The quantitative estimate of drug-likeness (QED) is 0.602. The molecule has 1 aromatic heterocycles. The summed E-state index contributed by atoms with van der Waals surface area (Å²) in [6.45, 7) is 0. The molecule has 0 saturated heterocycles. The molecule has 0 bridgehead atoms. The van der Waals surface area contributed by atoms with Gasteiger partial charge in [-0.05, 0) is 0 Å². The molecule has 1 aromatic rings. The van der Waals surface area contributed by atoms with E-state index in [1.165, 1.54) is 4.68 Å². The van der Waals surface area contributed by atoms with Crippen LogP contribution in [0.15, 0.2) is 0 Å². The summed E-state index contributed by atoms with van der Waals surface area (Å²) in [4.78, 5) is 0. The second-order valence-corrected chi connectivity index (χ2v) is 2.41. The molecule has 0 unspecified atom stereocenters. The van der Waals surface area contributed by atoms with Gasteiger partial charge in [0.05, 0.1) is 0 Å². The molecule has 0 amide bonds. The van der Waals surface area contributed by atoms with Gasteiger partial charge in [0.15, 0.2) is 5.15 Å². The summed E-state index contributed by atoms with van der Waals surface area (Å²) in [5.74, 6) is 0. The molecule has 0 atom stereocenters. The summed E-state index contributed by atoms with van der Waals surface area (Å²) < 4.78 is 1.35. The van der Waals surface area contributed by atoms with Crippen molar-refractivity contribution in [1.29, 1.82) is 5.26 Å². The number of nitrogens with zero attached hydrogens (tertiary/aromatic N) is 3. The van der Waals surface area contributed by atoms with Crippen LogP contribution in [-0.4, -0.2) is 9.78 Å². The van der Waals surface area contributed by atoms with E-state index < -0.39 is 0 Å². The summed E-state index contributed by atoms with van der Waals surface area (Å²) in [6.07, 6.45) is 0. The number of rotatable bonds is 0. The topological polar surface area (TPSA) is 41.6 Å². The average Bonchev–Trinajstić information content (AvgIpc) is 2.09. The maximum absolute atomic E-state index is 8.44. The van der Waals surface area contributed by atoms with Crippen LogP contribution in [0, 0.1) is 11.3 Å². The predicted molar refractivity (Wildman–Crippen MR) is 37.9 cm³/mol. The van der Waals surface area contributed by atoms with Crippen molar-refractivity contribution in [3.05, 3.63) is 15.9 Å². The number of halogens is 2. The predicted octanol–water partition coefficient (Wildman–Crippen LogP) is 1.60. The van der Waals surface area contributed by atoms with Crippen LogP contribution in [0.3, 0.4) is 0 Å². The zero-order valence-electron chi connectivity index (χ0n) is 5.10. The van der Waals surface area contributed by atoms with E-state index >= 15 is 0 Å². The highest BCUT2D eigenvalue weighted by Gasteiger charge is 2.10. The molecule has 0 radical (unpaired) electrons. The van der Waals surface area contributed by atoms with Gasteiger partial charge in [0.2, 0.25) is 0 Å². The Balaban J connectivity index is 3.37. The molecule has 0 aliphatic carbocycles. The second kappa shape index (κ2) is 2.49. The van der Waals surface area contributed by atoms with Gasteiger partial charge in [-0.1, -0.05) is 23.2 Å². The van der Waals surface area contributed by atoms with Crippen molar-refractivity contribution in [3.8, 4) is 6.07 Å². The Kier molecular flexibility index (Phi) is 1.84. The maximum atomic E-state index is 8.44. The zero-order valence-corrected chi connectivity index (χ0v) is 6.61. The normalized spacial score (nSPS) is 9.40. The van der Waals surface area contributed by atoms with Gasteiger partial charge in [-0.15, -0.1) is 0 Å². The van der Waals surface area contributed by atoms with Crippen LogP contribution in [0.2, 0.25) is 10.3 Å². The first kappa shape index (κ1) is 7.39. The van der Waals surface area contributed by atoms with Crippen LogP contribution in [0.5, 0.6) is 0 Å². The van der Waals surface area contributed by atoms with Gasteiger partial charge in [0.25, 0.3) is 0 Å². The molecular weight excluding hydrogens is 173 g/mol. The molecule has 0 fully saturated rings. The Hall–Kier alpha value is -0.720. The van der Waals surface area contributed by atoms with Gasteiger partial charge in [0, 0.05) is 7.05 Å². The van der Waals surface area contributed by atoms with E-state index in [2.05, 4.69) is 5.10 Å². The monoisotopic (exact) mass is 175 g/mol. The molecule has 10 heavy (non-hydrogen) atoms. The standard InChI is InChI=1S/C5H3Cl2N3/c1-10-5(7)3(2-8)4(6)9-10/h1H3. The van der Waals surface area contributed by atoms with E-state index in [1.54, 1.807) is 7.05 Å². The van der Waals surface area contributed by atoms with Crippen molar-refractivity contribution in [2.24, 2.45) is 7.05 Å². The van der Waals surface area contributed by atoms with E-state index in [-0.39, 0.29) is 15.9 Å². The first-order valence-corrected chi connectivity index (χ1v) is 3.20. The van der Waals surface area contributed by atoms with Crippen molar-refractivity contribution in [3.63, 3.8) is 0 Å². The minimum Gasteiger partial charge on any atom is -0.254 e. The van der Waals surface area contributed by atoms with Crippen molar-refractivity contribution < 1.29 is 0 Å². The first-order chi connectivity index (χ1) is 4.66. The van der Waals surface area contributed by atoms with Crippen LogP contribution < -0.4 is 0 Å². The van der Waals surface area contributed by atoms with Crippen LogP contribution in [-0.2, 0) is 7.05 Å². The van der Waals surface area contributed by atoms with Gasteiger partial charge >= 0.3 is 0 Å². The SMILES string of the molecule is Cn1nc(Cl)c(C#N)c1Cl. The van der Waals surface area contributed by atoms with Crippen LogP contribution in [0.25, 0.3) is 0 Å². The summed E-state index contributed by atoms with van der Waals surface area (Å²) in [5, 5.41) is 12.6. The molecule has 1 heterocycles. The lowest BCUT2D eigenvalue weighted by molar-refractivity contribution is 0.769. The molecule has 52 valence electrons. The van der Waals surface area contributed by atoms with Crippen molar-refractivity contribution >= 4 is 23.2 Å². The smallest absolute Gasteiger partial charge is 0.170 e. The Morgan fingerprint density at radius 3 is 2.40 bits per heavy atom. The first-order valence-electron chi connectivity index (χ1n) is 2.45. The van der Waals surface area contributed by atoms with Crippen LogP contribution >= 0.6 is 23.2 Å². The fourth-order valence-corrected chi connectivity index (χ4v) is 1.03. The maximum Gasteiger partial charge on any atom is 0.170 e. The average molecular weight is 176 g/mol. The molecular formula is C5H3Cl2N3. The lowest BCUT2D eigenvalue weighted by atomic mass is 10.4. The summed E-state index contributed by atoms with van der Waals surface area (Å²) in [6, 6.07) is 1.84. The molecule has 0 saturated carbocycles. The Bertz CT molecular complexity index is 297. The Morgan fingerprint density at radius 1 is 1.60 bits per heavy atom. The molecule has 0 N–H and O–H groups in total. The van der Waals surface area contributed by atoms with E-state index in [1.807, 2.05) is 6.07 Å². The highest BCUT2D eigenvalue weighted by molar-refractivity contribution is 6.35. The van der Waals surface area contributed by atoms with E-state index in [0.717, 1.165) is 0 Å². The number of nitriles is 1. The van der Waals surface area contributed by atoms with Crippen molar-refractivity contribution in [2.75, 3.05) is 0 Å². The third kappa shape index (κ3) is 0.962. The molecule has 0 aromatic carbocycles. The Labute approximate surface area is 67.8 Å². The molecule has 5 heteroatoms. The van der Waals surface area contributed by atoms with Crippen molar-refractivity contribution in [1.82, 2.24) is 9.78 Å². The zero-order chi connectivity index (χ0) is 7.72. The fraction of sp³-hybridized carbons (Fsp3) is 0.200. The number of aromatic nitrogens is 2. The lowest BCUT2D eigenvalue weighted by Crippen LogP contribution is -1.88. The van der Waals surface area contributed by atoms with E-state index in [4.69, 9.17) is 28.5 Å². The third-order valence-electron chi connectivity index (χ3n) is 1.05. The minimum absolute atomic E-state index is 0.148. The molecule has 0 aliphatic heterocycles. The molecule has 3 nitrogen and oxygen atoms in total. The Morgan fingerprint density at radius 2 is 2.20 bits per heavy atom. The second-order valence-electron chi connectivity index (χ2n) is 1.69. The van der Waals surface area contributed by atoms with Gasteiger partial charge in [-0.3, -0.25) is 4.68 Å². The fourth-order valence-electron chi connectivity index (χ4n) is 0.565. The molecule has 0 aliphatic rings.